The van der Waals surface area contributed by atoms with Crippen molar-refractivity contribution in [3.05, 3.63) is 54.0 Å². The van der Waals surface area contributed by atoms with E-state index in [0.717, 1.165) is 31.2 Å². The van der Waals surface area contributed by atoms with E-state index in [-0.39, 0.29) is 41.3 Å². The van der Waals surface area contributed by atoms with Crippen molar-refractivity contribution in [3.63, 3.8) is 0 Å². The van der Waals surface area contributed by atoms with Crippen LogP contribution < -0.4 is 20.3 Å². The zero-order valence-corrected chi connectivity index (χ0v) is 21.0. The zero-order valence-electron chi connectivity index (χ0n) is 18.7. The Morgan fingerprint density at radius 3 is 2.68 bits per heavy atom. The van der Waals surface area contributed by atoms with Gasteiger partial charge in [-0.1, -0.05) is 26.0 Å². The van der Waals surface area contributed by atoms with E-state index in [9.17, 15) is 4.39 Å². The van der Waals surface area contributed by atoms with Gasteiger partial charge < -0.3 is 20.3 Å². The lowest BCUT2D eigenvalue weighted by Gasteiger charge is -2.25. The van der Waals surface area contributed by atoms with Crippen LogP contribution in [0.2, 0.25) is 0 Å². The number of nitrogens with zero attached hydrogens (tertiary/aromatic N) is 3. The molecular formula is C23H33FIN5O. The van der Waals surface area contributed by atoms with Gasteiger partial charge in [-0.05, 0) is 43.2 Å². The molecule has 1 aliphatic rings. The van der Waals surface area contributed by atoms with Crippen molar-refractivity contribution in [2.24, 2.45) is 4.99 Å². The van der Waals surface area contributed by atoms with Gasteiger partial charge in [-0.15, -0.1) is 24.0 Å². The Morgan fingerprint density at radius 1 is 1.29 bits per heavy atom. The van der Waals surface area contributed by atoms with E-state index in [2.05, 4.69) is 48.5 Å². The summed E-state index contributed by atoms with van der Waals surface area (Å²) in [4.78, 5) is 11.0. The fourth-order valence-electron chi connectivity index (χ4n) is 3.60. The average Bonchev–Trinajstić information content (AvgIpc) is 3.21. The second-order valence-corrected chi connectivity index (χ2v) is 8.19. The van der Waals surface area contributed by atoms with Crippen LogP contribution in [0.4, 0.5) is 10.2 Å². The van der Waals surface area contributed by atoms with Crippen LogP contribution in [0.1, 0.15) is 32.8 Å². The fraction of sp³-hybridized carbons (Fsp3) is 0.478. The molecule has 31 heavy (non-hydrogen) atoms. The van der Waals surface area contributed by atoms with E-state index in [1.807, 2.05) is 17.0 Å². The van der Waals surface area contributed by atoms with Gasteiger partial charge in [-0.3, -0.25) is 4.99 Å². The van der Waals surface area contributed by atoms with E-state index >= 15 is 0 Å². The molecule has 1 saturated heterocycles. The van der Waals surface area contributed by atoms with Crippen LogP contribution in [0.3, 0.4) is 0 Å². The number of hydrogen-bond acceptors (Lipinski definition) is 4. The molecule has 0 amide bonds. The smallest absolute Gasteiger partial charge is 0.191 e. The normalized spacial score (nSPS) is 16.6. The molecule has 6 nitrogen and oxygen atoms in total. The van der Waals surface area contributed by atoms with Gasteiger partial charge in [0.25, 0.3) is 0 Å². The monoisotopic (exact) mass is 541 g/mol. The predicted octanol–water partition coefficient (Wildman–Crippen LogP) is 3.96. The molecule has 1 aromatic carbocycles. The molecule has 3 rings (SSSR count). The summed E-state index contributed by atoms with van der Waals surface area (Å²) >= 11 is 0. The number of aliphatic imine (C=N–C) groups is 1. The highest BCUT2D eigenvalue weighted by molar-refractivity contribution is 14.0. The summed E-state index contributed by atoms with van der Waals surface area (Å²) < 4.78 is 19.3. The van der Waals surface area contributed by atoms with Crippen LogP contribution in [0.25, 0.3) is 0 Å². The molecule has 2 N–H and O–H groups in total. The number of nitrogens with one attached hydrogen (secondary N) is 2. The van der Waals surface area contributed by atoms with E-state index in [1.165, 1.54) is 11.6 Å². The fourth-order valence-corrected chi connectivity index (χ4v) is 3.60. The Balaban J connectivity index is 0.00000341. The first-order chi connectivity index (χ1) is 14.4. The highest BCUT2D eigenvalue weighted by atomic mass is 127. The zero-order chi connectivity index (χ0) is 21.6. The summed E-state index contributed by atoms with van der Waals surface area (Å²) in [6.07, 6.45) is 2.54. The number of anilines is 1. The number of pyridine rings is 1. The summed E-state index contributed by atoms with van der Waals surface area (Å²) in [6.45, 7) is 9.30. The Morgan fingerprint density at radius 2 is 2.03 bits per heavy atom. The number of guanidine groups is 1. The summed E-state index contributed by atoms with van der Waals surface area (Å²) in [7, 11) is 1.67. The molecule has 0 saturated carbocycles. The molecule has 0 spiro atoms. The van der Waals surface area contributed by atoms with Gasteiger partial charge in [0.2, 0.25) is 0 Å². The molecule has 8 heteroatoms. The topological polar surface area (TPSA) is 61.8 Å². The molecule has 170 valence electrons. The molecule has 1 unspecified atom stereocenters. The summed E-state index contributed by atoms with van der Waals surface area (Å²) in [6, 6.07) is 11.4. The highest BCUT2D eigenvalue weighted by Gasteiger charge is 2.26. The van der Waals surface area contributed by atoms with Gasteiger partial charge in [-0.2, -0.15) is 0 Å². The molecule has 0 bridgehead atoms. The second kappa shape index (κ2) is 11.5. The molecule has 2 aromatic rings. The quantitative estimate of drug-likeness (QED) is 0.316. The predicted molar refractivity (Wildman–Crippen MR) is 135 cm³/mol. The first-order valence-electron chi connectivity index (χ1n) is 10.5. The molecule has 1 atom stereocenters. The van der Waals surface area contributed by atoms with Gasteiger partial charge in [-0.25, -0.2) is 9.37 Å². The van der Waals surface area contributed by atoms with Crippen LogP contribution in [-0.2, 0) is 5.41 Å². The lowest BCUT2D eigenvalue weighted by Crippen LogP contribution is -2.45. The number of ether oxygens (including phenoxy) is 1. The number of hydrogen-bond donors (Lipinski definition) is 2. The number of benzene rings is 1. The summed E-state index contributed by atoms with van der Waals surface area (Å²) in [5.74, 6) is 1.78. The van der Waals surface area contributed by atoms with Crippen molar-refractivity contribution in [1.29, 1.82) is 0 Å². The number of rotatable bonds is 7. The van der Waals surface area contributed by atoms with Crippen LogP contribution in [-0.4, -0.2) is 50.3 Å². The lowest BCUT2D eigenvalue weighted by atomic mass is 9.85. The van der Waals surface area contributed by atoms with Crippen LogP contribution in [0, 0.1) is 5.82 Å². The molecule has 1 aliphatic heterocycles. The van der Waals surface area contributed by atoms with Crippen LogP contribution in [0.15, 0.2) is 47.6 Å². The maximum atomic E-state index is 14.0. The largest absolute Gasteiger partial charge is 0.497 e. The van der Waals surface area contributed by atoms with Crippen LogP contribution >= 0.6 is 24.0 Å². The van der Waals surface area contributed by atoms with Crippen molar-refractivity contribution < 1.29 is 9.13 Å². The summed E-state index contributed by atoms with van der Waals surface area (Å²) in [5, 5.41) is 6.83. The van der Waals surface area contributed by atoms with Gasteiger partial charge in [0.1, 0.15) is 5.75 Å². The Hall–Kier alpha value is -2.10. The molecule has 0 radical (unpaired) electrons. The van der Waals surface area contributed by atoms with E-state index < -0.39 is 0 Å². The SMILES string of the molecule is CCNC(=NCC(C)(C)c1ccc(OC)cc1)NC1CCN(c2ncccc2F)C1.I. The molecule has 1 fully saturated rings. The van der Waals surface area contributed by atoms with Crippen molar-refractivity contribution in [3.8, 4) is 5.75 Å². The van der Waals surface area contributed by atoms with E-state index in [1.54, 1.807) is 19.4 Å². The van der Waals surface area contributed by atoms with E-state index in [0.29, 0.717) is 18.9 Å². The molecular weight excluding hydrogens is 508 g/mol. The Labute approximate surface area is 201 Å². The first kappa shape index (κ1) is 25.2. The van der Waals surface area contributed by atoms with Crippen molar-refractivity contribution >= 4 is 35.8 Å². The number of halogens is 2. The van der Waals surface area contributed by atoms with Crippen molar-refractivity contribution in [2.45, 2.75) is 38.6 Å². The second-order valence-electron chi connectivity index (χ2n) is 8.19. The first-order valence-corrected chi connectivity index (χ1v) is 10.5. The van der Waals surface area contributed by atoms with Gasteiger partial charge in [0.05, 0.1) is 13.7 Å². The standard InChI is InChI=1S/C23H32FN5O.HI/c1-5-25-22(27-16-23(2,3)17-8-10-19(30-4)11-9-17)28-18-12-14-29(15-18)21-20(24)7-6-13-26-21;/h6-11,13,18H,5,12,14-16H2,1-4H3,(H2,25,27,28);1H. The Kier molecular flexibility index (Phi) is 9.33. The van der Waals surface area contributed by atoms with Crippen molar-refractivity contribution in [1.82, 2.24) is 15.6 Å². The third-order valence-corrected chi connectivity index (χ3v) is 5.42. The average molecular weight is 541 g/mol. The van der Waals surface area contributed by atoms with Crippen molar-refractivity contribution in [2.75, 3.05) is 38.2 Å². The maximum absolute atomic E-state index is 14.0. The highest BCUT2D eigenvalue weighted by Crippen LogP contribution is 2.26. The van der Waals surface area contributed by atoms with Gasteiger partial charge in [0, 0.05) is 37.3 Å². The van der Waals surface area contributed by atoms with Crippen LogP contribution in [0.5, 0.6) is 5.75 Å². The van der Waals surface area contributed by atoms with Gasteiger partial charge in [0.15, 0.2) is 17.6 Å². The minimum atomic E-state index is -0.278. The van der Waals surface area contributed by atoms with Gasteiger partial charge >= 0.3 is 0 Å². The third kappa shape index (κ3) is 6.69. The molecule has 1 aromatic heterocycles. The molecule has 2 heterocycles. The Bertz CT molecular complexity index is 859. The third-order valence-electron chi connectivity index (χ3n) is 5.42. The minimum Gasteiger partial charge on any atom is -0.497 e. The number of aromatic nitrogens is 1. The number of methoxy groups -OCH3 is 1. The van der Waals surface area contributed by atoms with E-state index in [4.69, 9.17) is 9.73 Å². The lowest BCUT2D eigenvalue weighted by molar-refractivity contribution is 0.414. The maximum Gasteiger partial charge on any atom is 0.191 e. The minimum absolute atomic E-state index is 0. The molecule has 0 aliphatic carbocycles. The summed E-state index contributed by atoms with van der Waals surface area (Å²) in [5.41, 5.74) is 1.09.